The fourth-order valence-corrected chi connectivity index (χ4v) is 4.52. The molecular weight excluding hydrogens is 442 g/mol. The van der Waals surface area contributed by atoms with E-state index in [-0.39, 0.29) is 17.8 Å². The van der Waals surface area contributed by atoms with Crippen molar-refractivity contribution in [1.82, 2.24) is 14.3 Å². The van der Waals surface area contributed by atoms with E-state index in [0.29, 0.717) is 54.2 Å². The molecule has 0 bridgehead atoms. The summed E-state index contributed by atoms with van der Waals surface area (Å²) in [5.41, 5.74) is 7.03. The molecule has 0 radical (unpaired) electrons. The fourth-order valence-electron chi connectivity index (χ4n) is 3.41. The van der Waals surface area contributed by atoms with Crippen molar-refractivity contribution in [3.05, 3.63) is 28.9 Å². The van der Waals surface area contributed by atoms with Crippen molar-refractivity contribution in [2.75, 3.05) is 37.5 Å². The number of hydrogen-bond acceptors (Lipinski definition) is 8. The van der Waals surface area contributed by atoms with Gasteiger partial charge in [-0.05, 0) is 24.8 Å². The van der Waals surface area contributed by atoms with Gasteiger partial charge >= 0.3 is 0 Å². The minimum atomic E-state index is -3.16. The van der Waals surface area contributed by atoms with E-state index in [1.54, 1.807) is 13.2 Å². The van der Waals surface area contributed by atoms with Gasteiger partial charge in [0.15, 0.2) is 11.6 Å². The molecule has 1 saturated heterocycles. The normalized spacial score (nSPS) is 15.8. The molecule has 3 rings (SSSR count). The van der Waals surface area contributed by atoms with E-state index in [9.17, 15) is 8.42 Å². The van der Waals surface area contributed by atoms with Gasteiger partial charge < -0.3 is 20.5 Å². The zero-order chi connectivity index (χ0) is 22.8. The lowest BCUT2D eigenvalue weighted by Crippen LogP contribution is -2.42. The Morgan fingerprint density at radius 3 is 2.45 bits per heavy atom. The second kappa shape index (κ2) is 9.46. The van der Waals surface area contributed by atoms with Crippen molar-refractivity contribution in [2.24, 2.45) is 0 Å². The summed E-state index contributed by atoms with van der Waals surface area (Å²) in [7, 11) is -1.60. The highest BCUT2D eigenvalue weighted by molar-refractivity contribution is 7.88. The summed E-state index contributed by atoms with van der Waals surface area (Å²) in [5, 5.41) is 3.65. The third-order valence-electron chi connectivity index (χ3n) is 5.17. The maximum atomic E-state index is 11.6. The predicted octanol–water partition coefficient (Wildman–Crippen LogP) is 3.47. The van der Waals surface area contributed by atoms with Crippen LogP contribution in [-0.2, 0) is 10.0 Å². The van der Waals surface area contributed by atoms with Crippen LogP contribution in [0.15, 0.2) is 18.3 Å². The van der Waals surface area contributed by atoms with Crippen molar-refractivity contribution < 1.29 is 17.9 Å². The molecule has 0 amide bonds. The van der Waals surface area contributed by atoms with Gasteiger partial charge in [-0.3, -0.25) is 0 Å². The molecule has 1 aliphatic rings. The number of anilines is 2. The van der Waals surface area contributed by atoms with E-state index < -0.39 is 10.0 Å². The Bertz CT molecular complexity index is 1040. The second-order valence-electron chi connectivity index (χ2n) is 7.81. The molecule has 0 atom stereocenters. The summed E-state index contributed by atoms with van der Waals surface area (Å²) in [6.45, 7) is 5.00. The average molecular weight is 470 g/mol. The van der Waals surface area contributed by atoms with E-state index in [1.807, 2.05) is 19.9 Å². The quantitative estimate of drug-likeness (QED) is 0.632. The third kappa shape index (κ3) is 5.69. The number of aromatic nitrogens is 2. The van der Waals surface area contributed by atoms with Crippen molar-refractivity contribution >= 4 is 33.4 Å². The molecule has 1 aromatic heterocycles. The van der Waals surface area contributed by atoms with Crippen molar-refractivity contribution in [1.29, 1.82) is 0 Å². The van der Waals surface area contributed by atoms with E-state index in [1.165, 1.54) is 16.8 Å². The van der Waals surface area contributed by atoms with Crippen molar-refractivity contribution in [3.63, 3.8) is 0 Å². The Morgan fingerprint density at radius 2 is 1.90 bits per heavy atom. The van der Waals surface area contributed by atoms with Crippen LogP contribution >= 0.6 is 11.6 Å². The first-order chi connectivity index (χ1) is 14.6. The summed E-state index contributed by atoms with van der Waals surface area (Å²) in [6, 6.07) is 3.60. The SMILES string of the molecule is COc1cc(C(C)C)c(Oc2cnc(NC3CCN(S(C)(=O)=O)CC3)nc2N)cc1Cl. The highest BCUT2D eigenvalue weighted by Gasteiger charge is 2.25. The van der Waals surface area contributed by atoms with Crippen LogP contribution < -0.4 is 20.5 Å². The van der Waals surface area contributed by atoms with E-state index in [2.05, 4.69) is 15.3 Å². The Kier molecular flexibility index (Phi) is 7.13. The number of nitrogens with two attached hydrogens (primary N) is 1. The zero-order valence-electron chi connectivity index (χ0n) is 18.1. The molecule has 1 aliphatic heterocycles. The monoisotopic (exact) mass is 469 g/mol. The van der Waals surface area contributed by atoms with Crippen molar-refractivity contribution in [3.8, 4) is 17.2 Å². The van der Waals surface area contributed by atoms with Crippen molar-refractivity contribution in [2.45, 2.75) is 38.6 Å². The minimum absolute atomic E-state index is 0.0668. The Labute approximate surface area is 188 Å². The molecule has 0 unspecified atom stereocenters. The van der Waals surface area contributed by atoms with Crippen LogP contribution in [-0.4, -0.2) is 55.2 Å². The lowest BCUT2D eigenvalue weighted by Gasteiger charge is -2.30. The molecule has 0 aliphatic carbocycles. The summed E-state index contributed by atoms with van der Waals surface area (Å²) in [6.07, 6.45) is 4.07. The predicted molar refractivity (Wildman–Crippen MR) is 122 cm³/mol. The molecule has 1 aromatic carbocycles. The third-order valence-corrected chi connectivity index (χ3v) is 6.76. The number of piperidine rings is 1. The Morgan fingerprint density at radius 1 is 1.23 bits per heavy atom. The molecule has 2 aromatic rings. The minimum Gasteiger partial charge on any atom is -0.495 e. The highest BCUT2D eigenvalue weighted by atomic mass is 35.5. The van der Waals surface area contributed by atoms with Gasteiger partial charge in [-0.25, -0.2) is 17.7 Å². The number of benzene rings is 1. The number of ether oxygens (including phenoxy) is 2. The molecule has 2 heterocycles. The number of nitrogens with one attached hydrogen (secondary N) is 1. The Hall–Kier alpha value is -2.30. The van der Waals surface area contributed by atoms with Crippen LogP contribution in [0.5, 0.6) is 17.2 Å². The molecule has 1 fully saturated rings. The maximum absolute atomic E-state index is 11.6. The van der Waals surface area contributed by atoms with E-state index in [0.717, 1.165) is 5.56 Å². The standard InChI is InChI=1S/C20H28ClN5O4S/c1-12(2)14-9-17(29-3)15(21)10-16(14)30-18-11-23-20(25-19(18)22)24-13-5-7-26(8-6-13)31(4,27)28/h9-13H,5-8H2,1-4H3,(H3,22,23,24,25). The molecular formula is C20H28ClN5O4S. The first kappa shape index (κ1) is 23.4. The van der Waals surface area contributed by atoms with Gasteiger partial charge in [0.2, 0.25) is 16.0 Å². The topological polar surface area (TPSA) is 120 Å². The first-order valence-corrected chi connectivity index (χ1v) is 12.2. The van der Waals surface area contributed by atoms with Crippen LogP contribution in [0.25, 0.3) is 0 Å². The van der Waals surface area contributed by atoms with Gasteiger partial charge in [-0.2, -0.15) is 4.98 Å². The van der Waals surface area contributed by atoms with Gasteiger partial charge in [0.1, 0.15) is 11.5 Å². The lowest BCUT2D eigenvalue weighted by molar-refractivity contribution is 0.331. The Balaban J connectivity index is 1.72. The summed E-state index contributed by atoms with van der Waals surface area (Å²) >= 11 is 6.27. The number of nitrogens with zero attached hydrogens (tertiary/aromatic N) is 3. The van der Waals surface area contributed by atoms with Crippen LogP contribution in [0.4, 0.5) is 11.8 Å². The molecule has 3 N–H and O–H groups in total. The van der Waals surface area contributed by atoms with Gasteiger partial charge in [-0.1, -0.05) is 25.4 Å². The van der Waals surface area contributed by atoms with Gasteiger partial charge in [0, 0.05) is 30.8 Å². The molecule has 11 heteroatoms. The average Bonchev–Trinajstić information content (AvgIpc) is 2.69. The number of methoxy groups -OCH3 is 1. The highest BCUT2D eigenvalue weighted by Crippen LogP contribution is 2.39. The van der Waals surface area contributed by atoms with Gasteiger partial charge in [-0.15, -0.1) is 0 Å². The lowest BCUT2D eigenvalue weighted by atomic mass is 10.0. The summed E-state index contributed by atoms with van der Waals surface area (Å²) in [5.74, 6) is 2.18. The number of hydrogen-bond donors (Lipinski definition) is 2. The number of sulfonamides is 1. The zero-order valence-corrected chi connectivity index (χ0v) is 19.6. The summed E-state index contributed by atoms with van der Waals surface area (Å²) < 4.78 is 36.0. The fraction of sp³-hybridized carbons (Fsp3) is 0.500. The molecule has 0 saturated carbocycles. The molecule has 9 nitrogen and oxygen atoms in total. The van der Waals surface area contributed by atoms with Crippen LogP contribution in [0.3, 0.4) is 0 Å². The van der Waals surface area contributed by atoms with E-state index >= 15 is 0 Å². The second-order valence-corrected chi connectivity index (χ2v) is 10.2. The maximum Gasteiger partial charge on any atom is 0.225 e. The number of nitrogen functional groups attached to an aromatic ring is 1. The molecule has 0 spiro atoms. The van der Waals surface area contributed by atoms with Crippen LogP contribution in [0.2, 0.25) is 5.02 Å². The van der Waals surface area contributed by atoms with E-state index in [4.69, 9.17) is 26.8 Å². The number of halogens is 1. The van der Waals surface area contributed by atoms with Crippen LogP contribution in [0.1, 0.15) is 38.2 Å². The summed E-state index contributed by atoms with van der Waals surface area (Å²) in [4.78, 5) is 8.61. The largest absolute Gasteiger partial charge is 0.495 e. The van der Waals surface area contributed by atoms with Crippen LogP contribution in [0, 0.1) is 0 Å². The van der Waals surface area contributed by atoms with Gasteiger partial charge in [0.05, 0.1) is 24.6 Å². The smallest absolute Gasteiger partial charge is 0.225 e. The first-order valence-electron chi connectivity index (χ1n) is 9.98. The number of rotatable bonds is 7. The molecule has 170 valence electrons. The molecule has 31 heavy (non-hydrogen) atoms. The van der Waals surface area contributed by atoms with Gasteiger partial charge in [0.25, 0.3) is 0 Å².